The van der Waals surface area contributed by atoms with Crippen LogP contribution < -0.4 is 10.6 Å². The maximum absolute atomic E-state index is 13.6. The van der Waals surface area contributed by atoms with Crippen molar-refractivity contribution in [3.8, 4) is 6.07 Å². The molecule has 2 atom stereocenters. The van der Waals surface area contributed by atoms with Gasteiger partial charge in [0.05, 0.1) is 23.9 Å². The Morgan fingerprint density at radius 1 is 1.32 bits per heavy atom. The van der Waals surface area contributed by atoms with Gasteiger partial charge in [-0.15, -0.1) is 0 Å². The lowest BCUT2D eigenvalue weighted by atomic mass is 9.92. The number of allylic oxidation sites excluding steroid dienone is 1. The van der Waals surface area contributed by atoms with Crippen LogP contribution in [0.2, 0.25) is 0 Å². The molecule has 10 heteroatoms. The van der Waals surface area contributed by atoms with Gasteiger partial charge in [0.1, 0.15) is 11.9 Å². The van der Waals surface area contributed by atoms with Gasteiger partial charge >= 0.3 is 5.97 Å². The number of aliphatic imine (C=N–C) groups is 1. The number of nitrogens with one attached hydrogen (secondary N) is 2. The SMILES string of the molecule is C=C(C=N/C=C(\C)c1ccc(F)c(C#N)c1)[C@H](CC(=O)O)NC(=O)[C@@H]1CCCN(C(=O)CCC2CCNCC2)C1. The number of hydrogen-bond acceptors (Lipinski definition) is 6. The normalized spacial score (nSPS) is 19.2. The molecule has 0 aliphatic carbocycles. The molecule has 1 aromatic rings. The number of carboxylic acids is 1. The fourth-order valence-electron chi connectivity index (χ4n) is 5.08. The summed E-state index contributed by atoms with van der Waals surface area (Å²) in [6.07, 6.45) is 7.35. The Bertz CT molecular complexity index is 1200. The summed E-state index contributed by atoms with van der Waals surface area (Å²) >= 11 is 0. The van der Waals surface area contributed by atoms with Crippen molar-refractivity contribution >= 4 is 29.6 Å². The van der Waals surface area contributed by atoms with Crippen LogP contribution in [-0.2, 0) is 14.4 Å². The summed E-state index contributed by atoms with van der Waals surface area (Å²) in [4.78, 5) is 43.4. The zero-order chi connectivity index (χ0) is 29.1. The number of piperidine rings is 2. The number of carbonyl (C=O) groups excluding carboxylic acids is 2. The number of halogens is 1. The second kappa shape index (κ2) is 15.1. The predicted octanol–water partition coefficient (Wildman–Crippen LogP) is 3.66. The highest BCUT2D eigenvalue weighted by molar-refractivity contribution is 5.87. The summed E-state index contributed by atoms with van der Waals surface area (Å²) in [7, 11) is 0. The van der Waals surface area contributed by atoms with Crippen molar-refractivity contribution in [2.45, 2.75) is 57.9 Å². The minimum atomic E-state index is -1.10. The molecule has 40 heavy (non-hydrogen) atoms. The Hall–Kier alpha value is -3.84. The predicted molar refractivity (Wildman–Crippen MR) is 151 cm³/mol. The Kier molecular flexibility index (Phi) is 11.6. The molecule has 214 valence electrons. The van der Waals surface area contributed by atoms with Gasteiger partial charge in [-0.25, -0.2) is 4.39 Å². The number of carbonyl (C=O) groups is 3. The second-order valence-corrected chi connectivity index (χ2v) is 10.5. The Morgan fingerprint density at radius 3 is 2.77 bits per heavy atom. The highest BCUT2D eigenvalue weighted by Gasteiger charge is 2.30. The summed E-state index contributed by atoms with van der Waals surface area (Å²) < 4.78 is 13.6. The maximum Gasteiger partial charge on any atom is 0.305 e. The van der Waals surface area contributed by atoms with Crippen molar-refractivity contribution in [3.63, 3.8) is 0 Å². The number of amides is 2. The lowest BCUT2D eigenvalue weighted by Gasteiger charge is -2.33. The standard InChI is InChI=1S/C30H38FN5O4/c1-20(23-6-7-26(31)25(14-23)16-32)17-34-18-21(2)27(15-29(38)39)35-30(40)24-4-3-13-36(19-24)28(37)8-5-22-9-11-33-12-10-22/h6-7,14,17-18,22,24,27,33H,2-5,8-13,15,19H2,1H3,(H,35,40)(H,38,39)/b20-17+,34-18?/t24-,27+/m1/s1. The molecule has 1 aromatic carbocycles. The van der Waals surface area contributed by atoms with E-state index in [9.17, 15) is 23.9 Å². The first-order chi connectivity index (χ1) is 19.2. The van der Waals surface area contributed by atoms with Crippen LogP contribution >= 0.6 is 0 Å². The molecule has 0 unspecified atom stereocenters. The summed E-state index contributed by atoms with van der Waals surface area (Å²) in [5.74, 6) is -1.81. The third kappa shape index (κ3) is 9.12. The summed E-state index contributed by atoms with van der Waals surface area (Å²) in [5, 5.41) is 24.6. The molecule has 0 aromatic heterocycles. The smallest absolute Gasteiger partial charge is 0.305 e. The van der Waals surface area contributed by atoms with Gasteiger partial charge in [0.25, 0.3) is 0 Å². The second-order valence-electron chi connectivity index (χ2n) is 10.5. The van der Waals surface area contributed by atoms with Crippen LogP contribution in [0.3, 0.4) is 0 Å². The van der Waals surface area contributed by atoms with E-state index in [1.165, 1.54) is 30.6 Å². The van der Waals surface area contributed by atoms with Crippen molar-refractivity contribution in [1.82, 2.24) is 15.5 Å². The van der Waals surface area contributed by atoms with Crippen LogP contribution in [0.4, 0.5) is 4.39 Å². The van der Waals surface area contributed by atoms with Gasteiger partial charge < -0.3 is 20.6 Å². The number of benzene rings is 1. The summed E-state index contributed by atoms with van der Waals surface area (Å²) in [5.41, 5.74) is 1.50. The van der Waals surface area contributed by atoms with Gasteiger partial charge in [-0.05, 0) is 86.9 Å². The van der Waals surface area contributed by atoms with E-state index in [1.54, 1.807) is 17.9 Å². The van der Waals surface area contributed by atoms with Gasteiger partial charge in [-0.1, -0.05) is 12.6 Å². The van der Waals surface area contributed by atoms with Crippen LogP contribution in [-0.4, -0.2) is 66.2 Å². The number of carboxylic acid groups (broad SMARTS) is 1. The Morgan fingerprint density at radius 2 is 2.08 bits per heavy atom. The van der Waals surface area contributed by atoms with Gasteiger partial charge in [0.15, 0.2) is 0 Å². The van der Waals surface area contributed by atoms with E-state index in [-0.39, 0.29) is 23.8 Å². The number of hydrogen-bond donors (Lipinski definition) is 3. The van der Waals surface area contributed by atoms with E-state index >= 15 is 0 Å². The fraction of sp³-hybridized carbons (Fsp3) is 0.500. The Labute approximate surface area is 234 Å². The first kappa shape index (κ1) is 30.7. The monoisotopic (exact) mass is 551 g/mol. The van der Waals surface area contributed by atoms with Crippen molar-refractivity contribution in [3.05, 3.63) is 53.5 Å². The number of nitriles is 1. The molecule has 2 fully saturated rings. The molecule has 0 saturated carbocycles. The molecule has 3 N–H and O–H groups in total. The van der Waals surface area contributed by atoms with Crippen LogP contribution in [0.15, 0.2) is 41.5 Å². The molecule has 2 amide bonds. The molecular weight excluding hydrogens is 513 g/mol. The summed E-state index contributed by atoms with van der Waals surface area (Å²) in [6.45, 7) is 8.58. The average Bonchev–Trinajstić information content (AvgIpc) is 2.96. The highest BCUT2D eigenvalue weighted by Crippen LogP contribution is 2.22. The first-order valence-corrected chi connectivity index (χ1v) is 13.8. The minimum absolute atomic E-state index is 0.0693. The molecule has 2 saturated heterocycles. The topological polar surface area (TPSA) is 135 Å². The van der Waals surface area contributed by atoms with Crippen LogP contribution in [0.25, 0.3) is 5.57 Å². The van der Waals surface area contributed by atoms with E-state index in [2.05, 4.69) is 22.2 Å². The van der Waals surface area contributed by atoms with Crippen LogP contribution in [0.5, 0.6) is 0 Å². The molecule has 9 nitrogen and oxygen atoms in total. The van der Waals surface area contributed by atoms with E-state index in [0.29, 0.717) is 55.0 Å². The van der Waals surface area contributed by atoms with Crippen molar-refractivity contribution < 1.29 is 23.9 Å². The highest BCUT2D eigenvalue weighted by atomic mass is 19.1. The zero-order valence-corrected chi connectivity index (χ0v) is 23.0. The molecule has 2 aliphatic rings. The lowest BCUT2D eigenvalue weighted by Crippen LogP contribution is -2.48. The van der Waals surface area contributed by atoms with E-state index < -0.39 is 23.7 Å². The largest absolute Gasteiger partial charge is 0.481 e. The molecule has 2 heterocycles. The third-order valence-corrected chi connectivity index (χ3v) is 7.56. The number of likely N-dealkylation sites (tertiary alicyclic amines) is 1. The third-order valence-electron chi connectivity index (χ3n) is 7.56. The Balaban J connectivity index is 1.58. The molecule has 0 radical (unpaired) electrons. The number of nitrogens with zero attached hydrogens (tertiary/aromatic N) is 3. The van der Waals surface area contributed by atoms with E-state index in [1.807, 2.05) is 0 Å². The van der Waals surface area contributed by atoms with E-state index in [4.69, 9.17) is 5.26 Å². The average molecular weight is 552 g/mol. The zero-order valence-electron chi connectivity index (χ0n) is 23.0. The van der Waals surface area contributed by atoms with Gasteiger partial charge in [0, 0.05) is 31.9 Å². The van der Waals surface area contributed by atoms with E-state index in [0.717, 1.165) is 32.4 Å². The number of aliphatic carboxylic acids is 1. The first-order valence-electron chi connectivity index (χ1n) is 13.8. The van der Waals surface area contributed by atoms with Gasteiger partial charge in [-0.2, -0.15) is 5.26 Å². The van der Waals surface area contributed by atoms with Crippen LogP contribution in [0, 0.1) is 29.0 Å². The van der Waals surface area contributed by atoms with Crippen molar-refractivity contribution in [2.24, 2.45) is 16.8 Å². The van der Waals surface area contributed by atoms with Gasteiger partial charge in [0.2, 0.25) is 11.8 Å². The minimum Gasteiger partial charge on any atom is -0.481 e. The number of rotatable bonds is 11. The van der Waals surface area contributed by atoms with Gasteiger partial charge in [-0.3, -0.25) is 19.4 Å². The molecular formula is C30H38FN5O4. The van der Waals surface area contributed by atoms with Crippen molar-refractivity contribution in [1.29, 1.82) is 5.26 Å². The molecule has 0 spiro atoms. The fourth-order valence-corrected chi connectivity index (χ4v) is 5.08. The molecule has 2 aliphatic heterocycles. The molecule has 3 rings (SSSR count). The quantitative estimate of drug-likeness (QED) is 0.359. The summed E-state index contributed by atoms with van der Waals surface area (Å²) in [6, 6.07) is 5.09. The lowest BCUT2D eigenvalue weighted by molar-refractivity contribution is -0.137. The maximum atomic E-state index is 13.6. The van der Waals surface area contributed by atoms with Crippen LogP contribution in [0.1, 0.15) is 63.0 Å². The molecule has 0 bridgehead atoms. The van der Waals surface area contributed by atoms with Crippen molar-refractivity contribution in [2.75, 3.05) is 26.2 Å².